The van der Waals surface area contributed by atoms with E-state index in [1.807, 2.05) is 0 Å². The molecule has 0 aromatic heterocycles. The molecular weight excluding hydrogens is 319 g/mol. The Bertz CT molecular complexity index is 601. The van der Waals surface area contributed by atoms with Gasteiger partial charge in [0.1, 0.15) is 5.82 Å². The Hall–Kier alpha value is -1.33. The molecule has 0 fully saturated rings. The summed E-state index contributed by atoms with van der Waals surface area (Å²) in [7, 11) is 1.70. The van der Waals surface area contributed by atoms with Crippen LogP contribution in [0.3, 0.4) is 0 Å². The zero-order valence-electron chi connectivity index (χ0n) is 10.1. The molecule has 0 saturated heterocycles. The van der Waals surface area contributed by atoms with E-state index in [2.05, 4.69) is 21.2 Å². The van der Waals surface area contributed by atoms with Crippen molar-refractivity contribution in [1.29, 1.82) is 0 Å². The van der Waals surface area contributed by atoms with Gasteiger partial charge in [-0.25, -0.2) is 13.2 Å². The quantitative estimate of drug-likeness (QED) is 0.890. The first-order valence-corrected chi connectivity index (χ1v) is 6.39. The molecule has 0 bridgehead atoms. The van der Waals surface area contributed by atoms with Crippen LogP contribution in [0, 0.1) is 17.5 Å². The third-order valence-electron chi connectivity index (χ3n) is 2.84. The van der Waals surface area contributed by atoms with Crippen LogP contribution in [0.1, 0.15) is 17.2 Å². The fourth-order valence-corrected chi connectivity index (χ4v) is 2.51. The van der Waals surface area contributed by atoms with Crippen LogP contribution in [0.2, 0.25) is 0 Å². The molecule has 0 aliphatic heterocycles. The fourth-order valence-electron chi connectivity index (χ4n) is 1.93. The Balaban J connectivity index is 2.46. The summed E-state index contributed by atoms with van der Waals surface area (Å²) in [4.78, 5) is 0. The normalized spacial score (nSPS) is 12.5. The molecule has 0 spiro atoms. The zero-order valence-corrected chi connectivity index (χ0v) is 11.6. The van der Waals surface area contributed by atoms with Gasteiger partial charge < -0.3 is 5.32 Å². The van der Waals surface area contributed by atoms with Crippen LogP contribution in [0.5, 0.6) is 0 Å². The van der Waals surface area contributed by atoms with Crippen molar-refractivity contribution in [2.24, 2.45) is 0 Å². The molecule has 0 amide bonds. The zero-order chi connectivity index (χ0) is 14.0. The Morgan fingerprint density at radius 3 is 2.32 bits per heavy atom. The summed E-state index contributed by atoms with van der Waals surface area (Å²) in [6.45, 7) is 0. The average Bonchev–Trinajstić information content (AvgIpc) is 2.37. The van der Waals surface area contributed by atoms with Crippen LogP contribution in [-0.2, 0) is 0 Å². The second-order valence-electron chi connectivity index (χ2n) is 4.06. The van der Waals surface area contributed by atoms with E-state index in [1.165, 1.54) is 18.2 Å². The van der Waals surface area contributed by atoms with Crippen molar-refractivity contribution in [1.82, 2.24) is 5.32 Å². The van der Waals surface area contributed by atoms with Gasteiger partial charge in [-0.15, -0.1) is 0 Å². The number of benzene rings is 2. The van der Waals surface area contributed by atoms with Crippen molar-refractivity contribution in [3.63, 3.8) is 0 Å². The summed E-state index contributed by atoms with van der Waals surface area (Å²) >= 11 is 3.27. The lowest BCUT2D eigenvalue weighted by Gasteiger charge is -2.19. The van der Waals surface area contributed by atoms with Gasteiger partial charge in [-0.2, -0.15) is 0 Å². The molecule has 0 aliphatic carbocycles. The maximum Gasteiger partial charge on any atom is 0.159 e. The average molecular weight is 330 g/mol. The lowest BCUT2D eigenvalue weighted by molar-refractivity contribution is 0.505. The van der Waals surface area contributed by atoms with Crippen LogP contribution in [0.15, 0.2) is 40.9 Å². The number of rotatable bonds is 3. The van der Waals surface area contributed by atoms with Gasteiger partial charge in [-0.1, -0.05) is 28.1 Å². The SMILES string of the molecule is CNC(c1ccc(F)c(F)c1)c1ccc(F)cc1Br. The van der Waals surface area contributed by atoms with Crippen LogP contribution in [-0.4, -0.2) is 7.05 Å². The molecule has 1 N–H and O–H groups in total. The first-order chi connectivity index (χ1) is 9.02. The van der Waals surface area contributed by atoms with E-state index in [0.29, 0.717) is 10.0 Å². The summed E-state index contributed by atoms with van der Waals surface area (Å²) in [5.74, 6) is -2.16. The predicted octanol–water partition coefficient (Wildman–Crippen LogP) is 4.18. The molecule has 1 nitrogen and oxygen atoms in total. The molecule has 100 valence electrons. The minimum Gasteiger partial charge on any atom is -0.309 e. The third-order valence-corrected chi connectivity index (χ3v) is 3.53. The van der Waals surface area contributed by atoms with Crippen molar-refractivity contribution in [2.75, 3.05) is 7.05 Å². The van der Waals surface area contributed by atoms with Gasteiger partial charge in [-0.3, -0.25) is 0 Å². The van der Waals surface area contributed by atoms with Gasteiger partial charge in [0.25, 0.3) is 0 Å². The van der Waals surface area contributed by atoms with E-state index in [-0.39, 0.29) is 11.9 Å². The minimum atomic E-state index is -0.906. The molecule has 0 heterocycles. The Labute approximate surface area is 117 Å². The number of halogens is 4. The van der Waals surface area contributed by atoms with Crippen molar-refractivity contribution >= 4 is 15.9 Å². The molecule has 19 heavy (non-hydrogen) atoms. The molecular formula is C14H11BrF3N. The first-order valence-electron chi connectivity index (χ1n) is 5.60. The lowest BCUT2D eigenvalue weighted by Crippen LogP contribution is -2.18. The highest BCUT2D eigenvalue weighted by atomic mass is 79.9. The highest BCUT2D eigenvalue weighted by Gasteiger charge is 2.17. The van der Waals surface area contributed by atoms with Crippen molar-refractivity contribution < 1.29 is 13.2 Å². The minimum absolute atomic E-state index is 0.356. The highest BCUT2D eigenvalue weighted by molar-refractivity contribution is 9.10. The van der Waals surface area contributed by atoms with E-state index in [4.69, 9.17) is 0 Å². The van der Waals surface area contributed by atoms with Gasteiger partial charge in [-0.05, 0) is 42.4 Å². The summed E-state index contributed by atoms with van der Waals surface area (Å²) in [6, 6.07) is 7.60. The third kappa shape index (κ3) is 2.98. The van der Waals surface area contributed by atoms with E-state index < -0.39 is 11.6 Å². The molecule has 2 aromatic rings. The molecule has 1 unspecified atom stereocenters. The maximum absolute atomic E-state index is 13.3. The standard InChI is InChI=1S/C14H11BrF3N/c1-19-14(8-2-5-12(17)13(18)6-8)10-4-3-9(16)7-11(10)15/h2-7,14,19H,1H3. The van der Waals surface area contributed by atoms with Gasteiger partial charge in [0.2, 0.25) is 0 Å². The summed E-state index contributed by atoms with van der Waals surface area (Å²) in [5.41, 5.74) is 1.31. The molecule has 0 radical (unpaired) electrons. The van der Waals surface area contributed by atoms with E-state index >= 15 is 0 Å². The molecule has 5 heteroatoms. The Kier molecular flexibility index (Phi) is 4.27. The van der Waals surface area contributed by atoms with Crippen molar-refractivity contribution in [3.8, 4) is 0 Å². The van der Waals surface area contributed by atoms with Crippen LogP contribution >= 0.6 is 15.9 Å². The molecule has 2 rings (SSSR count). The Morgan fingerprint density at radius 2 is 1.74 bits per heavy atom. The summed E-state index contributed by atoms with van der Waals surface area (Å²) in [5, 5.41) is 3.00. The molecule has 2 aromatic carbocycles. The van der Waals surface area contributed by atoms with Crippen LogP contribution < -0.4 is 5.32 Å². The summed E-state index contributed by atoms with van der Waals surface area (Å²) < 4.78 is 39.9. The number of nitrogens with one attached hydrogen (secondary N) is 1. The first kappa shape index (κ1) is 14.1. The second-order valence-corrected chi connectivity index (χ2v) is 4.92. The van der Waals surface area contributed by atoms with Crippen LogP contribution in [0.25, 0.3) is 0 Å². The van der Waals surface area contributed by atoms with E-state index in [9.17, 15) is 13.2 Å². The van der Waals surface area contributed by atoms with E-state index in [0.717, 1.165) is 17.7 Å². The van der Waals surface area contributed by atoms with Crippen molar-refractivity contribution in [2.45, 2.75) is 6.04 Å². The van der Waals surface area contributed by atoms with Gasteiger partial charge in [0.15, 0.2) is 11.6 Å². The smallest absolute Gasteiger partial charge is 0.159 e. The van der Waals surface area contributed by atoms with Crippen LogP contribution in [0.4, 0.5) is 13.2 Å². The van der Waals surface area contributed by atoms with Gasteiger partial charge in [0.05, 0.1) is 6.04 Å². The van der Waals surface area contributed by atoms with E-state index in [1.54, 1.807) is 13.1 Å². The van der Waals surface area contributed by atoms with Gasteiger partial charge in [0, 0.05) is 4.47 Å². The lowest BCUT2D eigenvalue weighted by atomic mass is 9.98. The highest BCUT2D eigenvalue weighted by Crippen LogP contribution is 2.29. The largest absolute Gasteiger partial charge is 0.309 e. The Morgan fingerprint density at radius 1 is 1.00 bits per heavy atom. The second kappa shape index (κ2) is 5.75. The number of hydrogen-bond donors (Lipinski definition) is 1. The fraction of sp³-hybridized carbons (Fsp3) is 0.143. The predicted molar refractivity (Wildman–Crippen MR) is 71.4 cm³/mol. The van der Waals surface area contributed by atoms with Gasteiger partial charge >= 0.3 is 0 Å². The monoisotopic (exact) mass is 329 g/mol. The topological polar surface area (TPSA) is 12.0 Å². The molecule has 0 saturated carbocycles. The van der Waals surface area contributed by atoms with Crippen molar-refractivity contribution in [3.05, 3.63) is 69.4 Å². The molecule has 0 aliphatic rings. The molecule has 1 atom stereocenters. The number of hydrogen-bond acceptors (Lipinski definition) is 1. The summed E-state index contributed by atoms with van der Waals surface area (Å²) in [6.07, 6.45) is 0. The maximum atomic E-state index is 13.3.